The molecule has 0 aliphatic carbocycles. The van der Waals surface area contributed by atoms with Crippen molar-refractivity contribution >= 4 is 34.6 Å². The molecule has 0 atom stereocenters. The fraction of sp³-hybridized carbons (Fsp3) is 0.455. The standard InChI is InChI=1S/C11H16Cl2N2/c1-3-7(4-2)15-11-6-9(13)8(12)5-10(11)14/h5-7,15H,3-4,14H2,1-2H3. The predicted octanol–water partition coefficient (Wildman–Crippen LogP) is 4.18. The highest BCUT2D eigenvalue weighted by Gasteiger charge is 2.08. The number of hydrogen-bond donors (Lipinski definition) is 2. The normalized spacial score (nSPS) is 10.7. The molecule has 0 aliphatic heterocycles. The van der Waals surface area contributed by atoms with Crippen LogP contribution in [0.25, 0.3) is 0 Å². The fourth-order valence-corrected chi connectivity index (χ4v) is 1.74. The molecule has 0 fully saturated rings. The van der Waals surface area contributed by atoms with Crippen LogP contribution in [0.2, 0.25) is 10.0 Å². The molecule has 1 rings (SSSR count). The summed E-state index contributed by atoms with van der Waals surface area (Å²) < 4.78 is 0. The molecule has 2 nitrogen and oxygen atoms in total. The number of benzene rings is 1. The van der Waals surface area contributed by atoms with Crippen LogP contribution < -0.4 is 11.1 Å². The van der Waals surface area contributed by atoms with Crippen molar-refractivity contribution in [3.8, 4) is 0 Å². The van der Waals surface area contributed by atoms with E-state index in [1.165, 1.54) is 0 Å². The van der Waals surface area contributed by atoms with E-state index in [9.17, 15) is 0 Å². The lowest BCUT2D eigenvalue weighted by Crippen LogP contribution is -2.17. The van der Waals surface area contributed by atoms with Crippen molar-refractivity contribution in [2.45, 2.75) is 32.7 Å². The van der Waals surface area contributed by atoms with E-state index in [2.05, 4.69) is 19.2 Å². The second-order valence-electron chi connectivity index (χ2n) is 3.51. The van der Waals surface area contributed by atoms with E-state index in [1.807, 2.05) is 0 Å². The van der Waals surface area contributed by atoms with E-state index < -0.39 is 0 Å². The Balaban J connectivity index is 2.89. The molecule has 84 valence electrons. The second kappa shape index (κ2) is 5.47. The first kappa shape index (κ1) is 12.5. The fourth-order valence-electron chi connectivity index (χ4n) is 1.40. The molecule has 0 saturated heterocycles. The molecule has 0 aromatic heterocycles. The first-order valence-corrected chi connectivity index (χ1v) is 5.85. The molecular weight excluding hydrogens is 231 g/mol. The zero-order valence-electron chi connectivity index (χ0n) is 8.98. The minimum atomic E-state index is 0.421. The van der Waals surface area contributed by atoms with Gasteiger partial charge in [-0.15, -0.1) is 0 Å². The third kappa shape index (κ3) is 3.18. The maximum absolute atomic E-state index is 5.93. The van der Waals surface area contributed by atoms with Gasteiger partial charge in [-0.3, -0.25) is 0 Å². The summed E-state index contributed by atoms with van der Waals surface area (Å²) in [7, 11) is 0. The quantitative estimate of drug-likeness (QED) is 0.783. The highest BCUT2D eigenvalue weighted by atomic mass is 35.5. The zero-order valence-corrected chi connectivity index (χ0v) is 10.5. The maximum atomic E-state index is 5.93. The summed E-state index contributed by atoms with van der Waals surface area (Å²) in [4.78, 5) is 0. The molecule has 4 heteroatoms. The Morgan fingerprint density at radius 2 is 1.73 bits per heavy atom. The van der Waals surface area contributed by atoms with E-state index in [4.69, 9.17) is 28.9 Å². The first-order valence-electron chi connectivity index (χ1n) is 5.09. The molecule has 0 bridgehead atoms. The smallest absolute Gasteiger partial charge is 0.0614 e. The van der Waals surface area contributed by atoms with E-state index in [1.54, 1.807) is 12.1 Å². The van der Waals surface area contributed by atoms with Gasteiger partial charge in [-0.25, -0.2) is 0 Å². The number of nitrogens with two attached hydrogens (primary N) is 1. The van der Waals surface area contributed by atoms with E-state index in [0.29, 0.717) is 21.8 Å². The Hall–Kier alpha value is -0.600. The van der Waals surface area contributed by atoms with Gasteiger partial charge in [-0.1, -0.05) is 37.0 Å². The van der Waals surface area contributed by atoms with Crippen molar-refractivity contribution in [3.63, 3.8) is 0 Å². The highest BCUT2D eigenvalue weighted by molar-refractivity contribution is 6.42. The van der Waals surface area contributed by atoms with Gasteiger partial charge in [0.05, 0.1) is 21.4 Å². The number of rotatable bonds is 4. The summed E-state index contributed by atoms with van der Waals surface area (Å²) in [6.45, 7) is 4.27. The number of nitrogen functional groups attached to an aromatic ring is 1. The van der Waals surface area contributed by atoms with Gasteiger partial charge < -0.3 is 11.1 Å². The lowest BCUT2D eigenvalue weighted by atomic mass is 10.1. The van der Waals surface area contributed by atoms with E-state index in [0.717, 1.165) is 18.5 Å². The van der Waals surface area contributed by atoms with Crippen molar-refractivity contribution in [1.29, 1.82) is 0 Å². The summed E-state index contributed by atoms with van der Waals surface area (Å²) in [5.41, 5.74) is 7.34. The number of hydrogen-bond acceptors (Lipinski definition) is 2. The van der Waals surface area contributed by atoms with Crippen LogP contribution in [0.4, 0.5) is 11.4 Å². The molecule has 0 heterocycles. The average Bonchev–Trinajstić information content (AvgIpc) is 2.21. The van der Waals surface area contributed by atoms with Gasteiger partial charge >= 0.3 is 0 Å². The highest BCUT2D eigenvalue weighted by Crippen LogP contribution is 2.31. The van der Waals surface area contributed by atoms with Gasteiger partial charge in [0, 0.05) is 6.04 Å². The summed E-state index contributed by atoms with van der Waals surface area (Å²) in [5.74, 6) is 0. The van der Waals surface area contributed by atoms with Crippen molar-refractivity contribution in [2.75, 3.05) is 11.1 Å². The lowest BCUT2D eigenvalue weighted by molar-refractivity contribution is 0.672. The van der Waals surface area contributed by atoms with Crippen LogP contribution in [-0.4, -0.2) is 6.04 Å². The summed E-state index contributed by atoms with van der Waals surface area (Å²) in [5, 5.41) is 4.36. The maximum Gasteiger partial charge on any atom is 0.0614 e. The minimum Gasteiger partial charge on any atom is -0.397 e. The Kier molecular flexibility index (Phi) is 4.55. The molecule has 0 saturated carbocycles. The molecule has 0 unspecified atom stereocenters. The van der Waals surface area contributed by atoms with Crippen LogP contribution in [-0.2, 0) is 0 Å². The SMILES string of the molecule is CCC(CC)Nc1cc(Cl)c(Cl)cc1N. The molecular formula is C11H16Cl2N2. The third-order valence-corrected chi connectivity index (χ3v) is 3.16. The molecule has 0 aliphatic rings. The first-order chi connectivity index (χ1) is 7.08. The van der Waals surface area contributed by atoms with Crippen molar-refractivity contribution in [3.05, 3.63) is 22.2 Å². The van der Waals surface area contributed by atoms with Crippen molar-refractivity contribution < 1.29 is 0 Å². The molecule has 3 N–H and O–H groups in total. The minimum absolute atomic E-state index is 0.421. The van der Waals surface area contributed by atoms with Crippen LogP contribution in [0, 0.1) is 0 Å². The van der Waals surface area contributed by atoms with Gasteiger partial charge in [0.15, 0.2) is 0 Å². The predicted molar refractivity (Wildman–Crippen MR) is 68.9 cm³/mol. The molecule has 1 aromatic rings. The van der Waals surface area contributed by atoms with Crippen LogP contribution in [0.5, 0.6) is 0 Å². The van der Waals surface area contributed by atoms with Gasteiger partial charge in [0.25, 0.3) is 0 Å². The molecule has 0 spiro atoms. The topological polar surface area (TPSA) is 38.0 Å². The van der Waals surface area contributed by atoms with Crippen LogP contribution in [0.15, 0.2) is 12.1 Å². The Morgan fingerprint density at radius 1 is 1.20 bits per heavy atom. The van der Waals surface area contributed by atoms with Gasteiger partial charge in [0.2, 0.25) is 0 Å². The largest absolute Gasteiger partial charge is 0.397 e. The Morgan fingerprint density at radius 3 is 2.27 bits per heavy atom. The summed E-state index contributed by atoms with van der Waals surface area (Å²) >= 11 is 11.8. The second-order valence-corrected chi connectivity index (χ2v) is 4.33. The van der Waals surface area contributed by atoms with Crippen LogP contribution >= 0.6 is 23.2 Å². The Bertz CT molecular complexity index is 336. The van der Waals surface area contributed by atoms with Gasteiger partial charge in [-0.2, -0.15) is 0 Å². The van der Waals surface area contributed by atoms with Crippen LogP contribution in [0.3, 0.4) is 0 Å². The summed E-state index contributed by atoms with van der Waals surface area (Å²) in [6.07, 6.45) is 2.10. The molecule has 0 amide bonds. The third-order valence-electron chi connectivity index (χ3n) is 2.44. The molecule has 15 heavy (non-hydrogen) atoms. The van der Waals surface area contributed by atoms with Crippen molar-refractivity contribution in [1.82, 2.24) is 0 Å². The molecule has 1 aromatic carbocycles. The van der Waals surface area contributed by atoms with Crippen LogP contribution in [0.1, 0.15) is 26.7 Å². The number of halogens is 2. The average molecular weight is 247 g/mol. The number of nitrogens with one attached hydrogen (secondary N) is 1. The lowest BCUT2D eigenvalue weighted by Gasteiger charge is -2.18. The van der Waals surface area contributed by atoms with Crippen molar-refractivity contribution in [2.24, 2.45) is 0 Å². The number of anilines is 2. The van der Waals surface area contributed by atoms with E-state index >= 15 is 0 Å². The van der Waals surface area contributed by atoms with E-state index in [-0.39, 0.29) is 0 Å². The Labute approximate surface area is 101 Å². The van der Waals surface area contributed by atoms with Gasteiger partial charge in [0.1, 0.15) is 0 Å². The molecule has 0 radical (unpaired) electrons. The monoisotopic (exact) mass is 246 g/mol. The summed E-state index contributed by atoms with van der Waals surface area (Å²) in [6, 6.07) is 3.87. The van der Waals surface area contributed by atoms with Gasteiger partial charge in [-0.05, 0) is 25.0 Å². The zero-order chi connectivity index (χ0) is 11.4.